The molecular weight excluding hydrogens is 182 g/mol. The molecule has 76 valence electrons. The summed E-state index contributed by atoms with van der Waals surface area (Å²) in [6.45, 7) is 4.08. The van der Waals surface area contributed by atoms with Gasteiger partial charge < -0.3 is 14.8 Å². The minimum Gasteiger partial charge on any atom is -0.489 e. The number of fused-ring (bicyclic) bond motifs is 1. The topological polar surface area (TPSA) is 47.6 Å². The summed E-state index contributed by atoms with van der Waals surface area (Å²) in [4.78, 5) is 11.3. The Kier molecular flexibility index (Phi) is 2.19. The van der Waals surface area contributed by atoms with Crippen molar-refractivity contribution in [3.05, 3.63) is 23.6 Å². The molecule has 0 amide bonds. The van der Waals surface area contributed by atoms with Gasteiger partial charge >= 0.3 is 5.97 Å². The van der Waals surface area contributed by atoms with Gasteiger partial charge in [0.25, 0.3) is 0 Å². The van der Waals surface area contributed by atoms with Crippen LogP contribution >= 0.6 is 0 Å². The van der Waals surface area contributed by atoms with Gasteiger partial charge in [-0.3, -0.25) is 0 Å². The first-order valence-electron chi connectivity index (χ1n) is 4.71. The van der Waals surface area contributed by atoms with Crippen LogP contribution in [0.25, 0.3) is 0 Å². The van der Waals surface area contributed by atoms with Crippen molar-refractivity contribution in [2.75, 3.05) is 6.61 Å². The average molecular weight is 195 g/mol. The lowest BCUT2D eigenvalue weighted by molar-refractivity contribution is -0.138. The van der Waals surface area contributed by atoms with Crippen LogP contribution < -0.4 is 5.32 Å². The summed E-state index contributed by atoms with van der Waals surface area (Å²) in [5, 5.41) is 3.05. The maximum absolute atomic E-state index is 11.3. The van der Waals surface area contributed by atoms with Crippen LogP contribution in [0.2, 0.25) is 0 Å². The molecule has 0 spiro atoms. The van der Waals surface area contributed by atoms with Crippen molar-refractivity contribution < 1.29 is 14.3 Å². The molecule has 2 aliphatic rings. The van der Waals surface area contributed by atoms with E-state index in [-0.39, 0.29) is 18.1 Å². The molecule has 0 saturated heterocycles. The van der Waals surface area contributed by atoms with Crippen LogP contribution in [0.4, 0.5) is 0 Å². The smallest absolute Gasteiger partial charge is 0.354 e. The molecule has 1 N–H and O–H groups in total. The SMILES string of the molecule is CCOC(=O)C1=C[C@H]2OC(C)=C[C@H]2N1. The Balaban J connectivity index is 2.01. The third kappa shape index (κ3) is 1.47. The second-order valence-corrected chi connectivity index (χ2v) is 3.33. The molecular formula is C10H13NO3. The maximum Gasteiger partial charge on any atom is 0.354 e. The summed E-state index contributed by atoms with van der Waals surface area (Å²) in [5.41, 5.74) is 0.505. The van der Waals surface area contributed by atoms with E-state index in [4.69, 9.17) is 9.47 Å². The predicted molar refractivity (Wildman–Crippen MR) is 50.3 cm³/mol. The Bertz CT molecular complexity index is 319. The molecule has 0 bridgehead atoms. The summed E-state index contributed by atoms with van der Waals surface area (Å²) in [6.07, 6.45) is 3.69. The van der Waals surface area contributed by atoms with Crippen molar-refractivity contribution in [3.8, 4) is 0 Å². The van der Waals surface area contributed by atoms with Gasteiger partial charge in [-0.25, -0.2) is 4.79 Å². The lowest BCUT2D eigenvalue weighted by Crippen LogP contribution is -2.29. The van der Waals surface area contributed by atoms with Crippen molar-refractivity contribution in [1.82, 2.24) is 5.32 Å². The lowest BCUT2D eigenvalue weighted by atomic mass is 10.2. The van der Waals surface area contributed by atoms with E-state index in [9.17, 15) is 4.79 Å². The molecule has 2 heterocycles. The molecule has 14 heavy (non-hydrogen) atoms. The highest BCUT2D eigenvalue weighted by Crippen LogP contribution is 2.24. The van der Waals surface area contributed by atoms with Crippen molar-refractivity contribution in [1.29, 1.82) is 0 Å². The van der Waals surface area contributed by atoms with Gasteiger partial charge in [-0.05, 0) is 26.0 Å². The maximum atomic E-state index is 11.3. The summed E-state index contributed by atoms with van der Waals surface area (Å²) in [7, 11) is 0. The van der Waals surface area contributed by atoms with E-state index < -0.39 is 0 Å². The molecule has 0 aromatic heterocycles. The zero-order chi connectivity index (χ0) is 10.1. The fraction of sp³-hybridized carbons (Fsp3) is 0.500. The van der Waals surface area contributed by atoms with Crippen LogP contribution in [0.1, 0.15) is 13.8 Å². The van der Waals surface area contributed by atoms with E-state index in [1.165, 1.54) is 0 Å². The van der Waals surface area contributed by atoms with E-state index in [0.717, 1.165) is 5.76 Å². The van der Waals surface area contributed by atoms with Gasteiger partial charge in [0.2, 0.25) is 0 Å². The molecule has 4 heteroatoms. The van der Waals surface area contributed by atoms with Crippen LogP contribution in [0.3, 0.4) is 0 Å². The number of carbonyl (C=O) groups is 1. The zero-order valence-electron chi connectivity index (χ0n) is 8.24. The highest BCUT2D eigenvalue weighted by molar-refractivity contribution is 5.88. The van der Waals surface area contributed by atoms with E-state index in [0.29, 0.717) is 12.3 Å². The normalized spacial score (nSPS) is 28.4. The monoisotopic (exact) mass is 195 g/mol. The molecule has 2 atom stereocenters. The van der Waals surface area contributed by atoms with E-state index in [1.807, 2.05) is 13.0 Å². The fourth-order valence-corrected chi connectivity index (χ4v) is 1.66. The summed E-state index contributed by atoms with van der Waals surface area (Å²) < 4.78 is 10.3. The molecule has 0 aromatic carbocycles. The highest BCUT2D eigenvalue weighted by Gasteiger charge is 2.34. The van der Waals surface area contributed by atoms with Crippen LogP contribution in [-0.4, -0.2) is 24.7 Å². The second-order valence-electron chi connectivity index (χ2n) is 3.33. The molecule has 0 radical (unpaired) electrons. The number of esters is 1. The first-order valence-corrected chi connectivity index (χ1v) is 4.71. The molecule has 2 aliphatic heterocycles. The first kappa shape index (κ1) is 9.12. The minimum atomic E-state index is -0.309. The van der Waals surface area contributed by atoms with Crippen LogP contribution in [0, 0.1) is 0 Å². The molecule has 2 rings (SSSR count). The average Bonchev–Trinajstić information content (AvgIpc) is 2.61. The number of carbonyl (C=O) groups excluding carboxylic acids is 1. The molecule has 0 unspecified atom stereocenters. The Morgan fingerprint density at radius 3 is 3.07 bits per heavy atom. The minimum absolute atomic E-state index is 0.0468. The third-order valence-corrected chi connectivity index (χ3v) is 2.24. The molecule has 0 aliphatic carbocycles. The highest BCUT2D eigenvalue weighted by atomic mass is 16.5. The summed E-state index contributed by atoms with van der Waals surface area (Å²) in [6, 6.07) is 0.0920. The van der Waals surface area contributed by atoms with Gasteiger partial charge in [0.05, 0.1) is 18.4 Å². The van der Waals surface area contributed by atoms with Crippen LogP contribution in [-0.2, 0) is 14.3 Å². The second kappa shape index (κ2) is 3.36. The number of allylic oxidation sites excluding steroid dienone is 1. The van der Waals surface area contributed by atoms with Crippen molar-refractivity contribution in [2.45, 2.75) is 26.0 Å². The standard InChI is InChI=1S/C10H13NO3/c1-3-13-10(12)8-5-9-7(11-8)4-6(2)14-9/h4-5,7,9,11H,3H2,1-2H3/t7-,9-/m1/s1. The van der Waals surface area contributed by atoms with Crippen molar-refractivity contribution in [2.24, 2.45) is 0 Å². The lowest BCUT2D eigenvalue weighted by Gasteiger charge is -2.08. The quantitative estimate of drug-likeness (QED) is 0.659. The van der Waals surface area contributed by atoms with Gasteiger partial charge in [-0.1, -0.05) is 0 Å². The van der Waals surface area contributed by atoms with Gasteiger partial charge in [0.1, 0.15) is 11.8 Å². The van der Waals surface area contributed by atoms with Gasteiger partial charge in [0, 0.05) is 0 Å². The number of hydrogen-bond acceptors (Lipinski definition) is 4. The summed E-state index contributed by atoms with van der Waals surface area (Å²) in [5.74, 6) is 0.586. The summed E-state index contributed by atoms with van der Waals surface area (Å²) >= 11 is 0. The van der Waals surface area contributed by atoms with E-state index in [2.05, 4.69) is 5.32 Å². The Morgan fingerprint density at radius 1 is 1.64 bits per heavy atom. The number of rotatable bonds is 2. The number of nitrogens with one attached hydrogen (secondary N) is 1. The Labute approximate surface area is 82.6 Å². The molecule has 0 aromatic rings. The molecule has 4 nitrogen and oxygen atoms in total. The van der Waals surface area contributed by atoms with Gasteiger partial charge in [-0.2, -0.15) is 0 Å². The van der Waals surface area contributed by atoms with E-state index >= 15 is 0 Å². The Hall–Kier alpha value is -1.45. The molecule has 0 fully saturated rings. The van der Waals surface area contributed by atoms with Crippen molar-refractivity contribution >= 4 is 5.97 Å². The third-order valence-electron chi connectivity index (χ3n) is 2.24. The zero-order valence-corrected chi connectivity index (χ0v) is 8.24. The van der Waals surface area contributed by atoms with Crippen LogP contribution in [0.5, 0.6) is 0 Å². The first-order chi connectivity index (χ1) is 6.70. The van der Waals surface area contributed by atoms with Crippen LogP contribution in [0.15, 0.2) is 23.6 Å². The van der Waals surface area contributed by atoms with E-state index in [1.54, 1.807) is 13.0 Å². The Morgan fingerprint density at radius 2 is 2.43 bits per heavy atom. The molecule has 0 saturated carbocycles. The largest absolute Gasteiger partial charge is 0.489 e. The van der Waals surface area contributed by atoms with Gasteiger partial charge in [0.15, 0.2) is 0 Å². The van der Waals surface area contributed by atoms with Gasteiger partial charge in [-0.15, -0.1) is 0 Å². The number of ether oxygens (including phenoxy) is 2. The fourth-order valence-electron chi connectivity index (χ4n) is 1.66. The number of hydrogen-bond donors (Lipinski definition) is 1. The van der Waals surface area contributed by atoms with Crippen molar-refractivity contribution in [3.63, 3.8) is 0 Å². The predicted octanol–water partition coefficient (Wildman–Crippen LogP) is 0.708.